The summed E-state index contributed by atoms with van der Waals surface area (Å²) in [6.45, 7) is 0. The molecule has 2 unspecified atom stereocenters. The number of hydrogen-bond acceptors (Lipinski definition) is 6. The van der Waals surface area contributed by atoms with Crippen LogP contribution in [-0.4, -0.2) is 35.4 Å². The molecule has 2 atom stereocenters. The Morgan fingerprint density at radius 2 is 1.05 bits per heavy atom. The number of amides is 4. The van der Waals surface area contributed by atoms with Crippen molar-refractivity contribution in [3.63, 3.8) is 0 Å². The van der Waals surface area contributed by atoms with Crippen molar-refractivity contribution in [2.75, 3.05) is 14.8 Å². The van der Waals surface area contributed by atoms with E-state index in [1.54, 1.807) is 77.8 Å². The summed E-state index contributed by atoms with van der Waals surface area (Å²) in [6, 6.07) is 30.6. The molecule has 4 aromatic carbocycles. The van der Waals surface area contributed by atoms with Crippen LogP contribution in [0.4, 0.5) is 17.1 Å². The lowest BCUT2D eigenvalue weighted by Crippen LogP contribution is -2.39. The first-order valence-electron chi connectivity index (χ1n) is 12.5. The first kappa shape index (κ1) is 22.8. The largest absolute Gasteiger partial charge is 0.273 e. The molecule has 3 aliphatic rings. The quantitative estimate of drug-likeness (QED) is 0.381. The second-order valence-electron chi connectivity index (χ2n) is 9.44. The molecule has 0 aromatic heterocycles. The summed E-state index contributed by atoms with van der Waals surface area (Å²) >= 11 is 0. The summed E-state index contributed by atoms with van der Waals surface area (Å²) in [5.74, 6) is -2.73. The molecule has 7 rings (SSSR count). The molecule has 0 saturated carbocycles. The average Bonchev–Trinajstić information content (AvgIpc) is 3.58. The van der Waals surface area contributed by atoms with E-state index in [0.29, 0.717) is 22.6 Å². The summed E-state index contributed by atoms with van der Waals surface area (Å²) in [4.78, 5) is 57.2. The van der Waals surface area contributed by atoms with Gasteiger partial charge >= 0.3 is 0 Å². The number of carbonyl (C=O) groups excluding carboxylic acids is 4. The maximum atomic E-state index is 13.9. The number of para-hydroxylation sites is 3. The molecule has 188 valence electrons. The number of nitrogens with zero attached hydrogens (tertiary/aromatic N) is 4. The van der Waals surface area contributed by atoms with Crippen molar-refractivity contribution in [1.29, 1.82) is 0 Å². The van der Waals surface area contributed by atoms with E-state index in [-0.39, 0.29) is 16.8 Å². The molecule has 8 heteroatoms. The third-order valence-electron chi connectivity index (χ3n) is 7.29. The van der Waals surface area contributed by atoms with Crippen LogP contribution in [0.1, 0.15) is 26.3 Å². The monoisotopic (exact) mass is 512 g/mol. The fourth-order valence-corrected chi connectivity index (χ4v) is 5.57. The Morgan fingerprint density at radius 1 is 0.513 bits per heavy atom. The normalized spacial score (nSPS) is 20.0. The molecule has 1 fully saturated rings. The summed E-state index contributed by atoms with van der Waals surface area (Å²) in [5.41, 5.74) is 2.62. The Kier molecular flexibility index (Phi) is 5.02. The van der Waals surface area contributed by atoms with Gasteiger partial charge in [-0.25, -0.2) is 9.80 Å². The second-order valence-corrected chi connectivity index (χ2v) is 9.44. The van der Waals surface area contributed by atoms with Gasteiger partial charge in [-0.2, -0.15) is 5.10 Å². The van der Waals surface area contributed by atoms with Gasteiger partial charge in [0, 0.05) is 5.56 Å². The maximum absolute atomic E-state index is 13.9. The summed E-state index contributed by atoms with van der Waals surface area (Å²) in [6.07, 6.45) is 0. The first-order chi connectivity index (χ1) is 19.1. The maximum Gasteiger partial charge on any atom is 0.266 e. The molecule has 8 nitrogen and oxygen atoms in total. The second kappa shape index (κ2) is 8.59. The Labute approximate surface area is 223 Å². The standard InChI is InChI=1S/C31H20N4O4/c36-28-23-18-10-17-22(24(23)29(37)33(28)19-11-4-1-5-12-19)26-25-27(35(32-26)21-15-8-3-9-16-21)31(39)34(30(25)38)20-13-6-2-7-14-20/h1-18,25,27H. The zero-order valence-electron chi connectivity index (χ0n) is 20.5. The molecule has 0 N–H and O–H groups in total. The molecule has 3 aliphatic heterocycles. The van der Waals surface area contributed by atoms with E-state index in [1.807, 2.05) is 36.4 Å². The lowest BCUT2D eigenvalue weighted by Gasteiger charge is -2.22. The molecular formula is C31H20N4O4. The zero-order chi connectivity index (χ0) is 26.7. The van der Waals surface area contributed by atoms with Gasteiger partial charge in [0.1, 0.15) is 12.0 Å². The van der Waals surface area contributed by atoms with E-state index in [1.165, 1.54) is 4.90 Å². The minimum Gasteiger partial charge on any atom is -0.273 e. The number of fused-ring (bicyclic) bond motifs is 2. The molecule has 0 bridgehead atoms. The number of hydrogen-bond donors (Lipinski definition) is 0. The van der Waals surface area contributed by atoms with Crippen LogP contribution in [0.15, 0.2) is 114 Å². The Morgan fingerprint density at radius 3 is 1.67 bits per heavy atom. The number of hydrazone groups is 1. The van der Waals surface area contributed by atoms with Crippen LogP contribution in [0.5, 0.6) is 0 Å². The molecule has 4 aromatic rings. The minimum atomic E-state index is -0.960. The predicted molar refractivity (Wildman–Crippen MR) is 146 cm³/mol. The minimum absolute atomic E-state index is 0.178. The molecule has 0 spiro atoms. The van der Waals surface area contributed by atoms with Crippen LogP contribution in [0, 0.1) is 5.92 Å². The summed E-state index contributed by atoms with van der Waals surface area (Å²) in [5, 5.41) is 6.33. The van der Waals surface area contributed by atoms with Crippen LogP contribution in [0.2, 0.25) is 0 Å². The average molecular weight is 513 g/mol. The van der Waals surface area contributed by atoms with E-state index < -0.39 is 35.6 Å². The summed E-state index contributed by atoms with van der Waals surface area (Å²) < 4.78 is 0. The van der Waals surface area contributed by atoms with E-state index in [4.69, 9.17) is 5.10 Å². The third-order valence-corrected chi connectivity index (χ3v) is 7.29. The molecular weight excluding hydrogens is 492 g/mol. The summed E-state index contributed by atoms with van der Waals surface area (Å²) in [7, 11) is 0. The highest BCUT2D eigenvalue weighted by Gasteiger charge is 2.58. The molecule has 4 amide bonds. The number of rotatable bonds is 4. The number of anilines is 3. The van der Waals surface area contributed by atoms with Crippen LogP contribution >= 0.6 is 0 Å². The Bertz CT molecular complexity index is 1700. The first-order valence-corrected chi connectivity index (χ1v) is 12.5. The van der Waals surface area contributed by atoms with Gasteiger partial charge in [0.15, 0.2) is 0 Å². The topological polar surface area (TPSA) is 90.4 Å². The zero-order valence-corrected chi connectivity index (χ0v) is 20.5. The highest BCUT2D eigenvalue weighted by atomic mass is 16.2. The van der Waals surface area contributed by atoms with Gasteiger partial charge in [0.05, 0.1) is 33.9 Å². The SMILES string of the molecule is O=C1c2cccc(C3=NN(c4ccccc4)C4C(=O)N(c5ccccc5)C(=O)C34)c2C(=O)N1c1ccccc1. The van der Waals surface area contributed by atoms with Crippen molar-refractivity contribution in [3.8, 4) is 0 Å². The smallest absolute Gasteiger partial charge is 0.266 e. The third kappa shape index (κ3) is 3.28. The predicted octanol–water partition coefficient (Wildman–Crippen LogP) is 4.27. The van der Waals surface area contributed by atoms with Crippen molar-refractivity contribution in [2.24, 2.45) is 11.0 Å². The van der Waals surface area contributed by atoms with Crippen LogP contribution in [0.3, 0.4) is 0 Å². The van der Waals surface area contributed by atoms with Gasteiger partial charge in [0.2, 0.25) is 5.91 Å². The molecule has 1 saturated heterocycles. The van der Waals surface area contributed by atoms with Crippen molar-refractivity contribution in [3.05, 3.63) is 126 Å². The number of benzene rings is 4. The lowest BCUT2D eigenvalue weighted by atomic mass is 9.89. The van der Waals surface area contributed by atoms with Gasteiger partial charge in [-0.1, -0.05) is 66.7 Å². The molecule has 0 radical (unpaired) electrons. The Hall–Kier alpha value is -5.37. The van der Waals surface area contributed by atoms with Gasteiger partial charge < -0.3 is 0 Å². The fraction of sp³-hybridized carbons (Fsp3) is 0.0645. The van der Waals surface area contributed by atoms with Gasteiger partial charge in [-0.3, -0.25) is 24.2 Å². The van der Waals surface area contributed by atoms with E-state index in [0.717, 1.165) is 4.90 Å². The highest BCUT2D eigenvalue weighted by molar-refractivity contribution is 6.39. The van der Waals surface area contributed by atoms with E-state index in [9.17, 15) is 19.2 Å². The number of carbonyl (C=O) groups is 4. The molecule has 39 heavy (non-hydrogen) atoms. The highest BCUT2D eigenvalue weighted by Crippen LogP contribution is 2.41. The van der Waals surface area contributed by atoms with Crippen LogP contribution < -0.4 is 14.8 Å². The van der Waals surface area contributed by atoms with Crippen molar-refractivity contribution >= 4 is 46.4 Å². The fourth-order valence-electron chi connectivity index (χ4n) is 5.57. The van der Waals surface area contributed by atoms with E-state index >= 15 is 0 Å². The van der Waals surface area contributed by atoms with Gasteiger partial charge in [-0.05, 0) is 42.5 Å². The van der Waals surface area contributed by atoms with Crippen LogP contribution in [-0.2, 0) is 9.59 Å². The molecule has 0 aliphatic carbocycles. The van der Waals surface area contributed by atoms with Crippen molar-refractivity contribution in [2.45, 2.75) is 6.04 Å². The van der Waals surface area contributed by atoms with Crippen LogP contribution in [0.25, 0.3) is 0 Å². The van der Waals surface area contributed by atoms with Crippen molar-refractivity contribution < 1.29 is 19.2 Å². The number of imide groups is 2. The molecule has 3 heterocycles. The van der Waals surface area contributed by atoms with E-state index in [2.05, 4.69) is 0 Å². The Balaban J connectivity index is 1.39. The van der Waals surface area contributed by atoms with Crippen molar-refractivity contribution in [1.82, 2.24) is 0 Å². The van der Waals surface area contributed by atoms with Gasteiger partial charge in [0.25, 0.3) is 17.7 Å². The van der Waals surface area contributed by atoms with Gasteiger partial charge in [-0.15, -0.1) is 0 Å². The lowest BCUT2D eigenvalue weighted by molar-refractivity contribution is -0.121.